The minimum Gasteiger partial charge on any atom is -0.258 e. The Kier molecular flexibility index (Phi) is 4.20. The molecule has 3 rings (SSSR count). The number of hydrogen-bond donors (Lipinski definition) is 0. The second-order valence-electron chi connectivity index (χ2n) is 4.90. The molecule has 0 radical (unpaired) electrons. The van der Waals surface area contributed by atoms with Crippen LogP contribution in [0, 0.1) is 17.0 Å². The molecule has 124 valence electrons. The van der Waals surface area contributed by atoms with E-state index in [9.17, 15) is 10.1 Å². The molecule has 0 amide bonds. The summed E-state index contributed by atoms with van der Waals surface area (Å²) < 4.78 is 2.83. The summed E-state index contributed by atoms with van der Waals surface area (Å²) in [4.78, 5) is 11.0. The molecule has 0 unspecified atom stereocenters. The molecule has 2 aromatic heterocycles. The third kappa shape index (κ3) is 2.72. The van der Waals surface area contributed by atoms with E-state index in [1.165, 1.54) is 9.36 Å². The third-order valence-electron chi connectivity index (χ3n) is 3.35. The molecule has 0 saturated carbocycles. The van der Waals surface area contributed by atoms with Gasteiger partial charge < -0.3 is 0 Å². The van der Waals surface area contributed by atoms with E-state index in [0.717, 1.165) is 0 Å². The molecule has 1 aromatic carbocycles. The van der Waals surface area contributed by atoms with E-state index in [1.807, 2.05) is 6.92 Å². The van der Waals surface area contributed by atoms with Crippen LogP contribution in [0.15, 0.2) is 18.2 Å². The average Bonchev–Trinajstić information content (AvgIpc) is 3.09. The lowest BCUT2D eigenvalue weighted by molar-refractivity contribution is -0.384. The number of aryl methyl sites for hydroxylation is 2. The van der Waals surface area contributed by atoms with Crippen molar-refractivity contribution in [3.63, 3.8) is 0 Å². The van der Waals surface area contributed by atoms with Crippen LogP contribution >= 0.6 is 23.2 Å². The van der Waals surface area contributed by atoms with E-state index < -0.39 is 4.92 Å². The van der Waals surface area contributed by atoms with Crippen LogP contribution in [0.1, 0.15) is 12.6 Å². The molecule has 9 nitrogen and oxygen atoms in total. The highest BCUT2D eigenvalue weighted by Crippen LogP contribution is 2.33. The van der Waals surface area contributed by atoms with Crippen molar-refractivity contribution in [3.8, 4) is 17.2 Å². The maximum atomic E-state index is 11.5. The number of halogens is 2. The zero-order chi connectivity index (χ0) is 17.4. The molecule has 0 saturated heterocycles. The van der Waals surface area contributed by atoms with Gasteiger partial charge in [0.05, 0.1) is 10.6 Å². The van der Waals surface area contributed by atoms with Gasteiger partial charge in [0.25, 0.3) is 0 Å². The Labute approximate surface area is 145 Å². The first kappa shape index (κ1) is 16.3. The van der Waals surface area contributed by atoms with Gasteiger partial charge in [-0.3, -0.25) is 14.8 Å². The fraction of sp³-hybridized carbons (Fsp3) is 0.231. The lowest BCUT2D eigenvalue weighted by atomic mass is 10.2. The fourth-order valence-corrected chi connectivity index (χ4v) is 2.93. The molecular weight excluding hydrogens is 357 g/mol. The van der Waals surface area contributed by atoms with E-state index >= 15 is 0 Å². The van der Waals surface area contributed by atoms with Crippen LogP contribution in [0.25, 0.3) is 17.2 Å². The number of rotatable bonds is 4. The maximum Gasteiger partial charge on any atom is 0.321 e. The lowest BCUT2D eigenvalue weighted by Gasteiger charge is -2.07. The van der Waals surface area contributed by atoms with Gasteiger partial charge in [0.2, 0.25) is 5.82 Å². The lowest BCUT2D eigenvalue weighted by Crippen LogP contribution is -2.06. The van der Waals surface area contributed by atoms with Gasteiger partial charge in [-0.15, -0.1) is 5.10 Å². The van der Waals surface area contributed by atoms with Crippen molar-refractivity contribution in [1.29, 1.82) is 0 Å². The first-order valence-corrected chi connectivity index (χ1v) is 7.65. The van der Waals surface area contributed by atoms with Gasteiger partial charge in [-0.2, -0.15) is 9.78 Å². The van der Waals surface area contributed by atoms with Gasteiger partial charge >= 0.3 is 5.69 Å². The van der Waals surface area contributed by atoms with E-state index in [1.54, 1.807) is 25.1 Å². The molecule has 3 aromatic rings. The quantitative estimate of drug-likeness (QED) is 0.518. The summed E-state index contributed by atoms with van der Waals surface area (Å²) in [5.41, 5.74) is 0.862. The minimum atomic E-state index is -0.492. The summed E-state index contributed by atoms with van der Waals surface area (Å²) in [6.45, 7) is 3.81. The minimum absolute atomic E-state index is 0.138. The maximum absolute atomic E-state index is 11.5. The van der Waals surface area contributed by atoms with Crippen molar-refractivity contribution in [2.45, 2.75) is 20.4 Å². The number of hydrogen-bond acceptors (Lipinski definition) is 6. The van der Waals surface area contributed by atoms with Crippen LogP contribution in [-0.2, 0) is 6.54 Å². The standard InChI is InChI=1S/C13H11Cl2N7O2/c1-3-20-12(11(22(23)24)7(2)17-20)13-16-18-19-21(13)10-5-8(14)4-9(15)6-10/h4-6H,3H2,1-2H3. The summed E-state index contributed by atoms with van der Waals surface area (Å²) in [7, 11) is 0. The first-order valence-electron chi connectivity index (χ1n) is 6.89. The predicted octanol–water partition coefficient (Wildman–Crippen LogP) is 3.07. The number of nitrogens with zero attached hydrogens (tertiary/aromatic N) is 7. The number of aromatic nitrogens is 6. The zero-order valence-corrected chi connectivity index (χ0v) is 14.2. The zero-order valence-electron chi connectivity index (χ0n) is 12.6. The van der Waals surface area contributed by atoms with Crippen LogP contribution in [0.4, 0.5) is 5.69 Å². The summed E-state index contributed by atoms with van der Waals surface area (Å²) in [5, 5.41) is 27.9. The van der Waals surface area contributed by atoms with E-state index in [-0.39, 0.29) is 22.9 Å². The molecule has 0 aliphatic rings. The average molecular weight is 368 g/mol. The predicted molar refractivity (Wildman–Crippen MR) is 87.5 cm³/mol. The van der Waals surface area contributed by atoms with E-state index in [0.29, 0.717) is 22.3 Å². The SMILES string of the molecule is CCn1nc(C)c([N+](=O)[O-])c1-c1nnnn1-c1cc(Cl)cc(Cl)c1. The third-order valence-corrected chi connectivity index (χ3v) is 3.79. The van der Waals surface area contributed by atoms with Gasteiger partial charge in [0.1, 0.15) is 5.69 Å². The highest BCUT2D eigenvalue weighted by molar-refractivity contribution is 6.34. The van der Waals surface area contributed by atoms with Crippen molar-refractivity contribution < 1.29 is 4.92 Å². The summed E-state index contributed by atoms with van der Waals surface area (Å²) in [5.74, 6) is 0.183. The van der Waals surface area contributed by atoms with E-state index in [4.69, 9.17) is 23.2 Å². The van der Waals surface area contributed by atoms with Crippen molar-refractivity contribution in [2.75, 3.05) is 0 Å². The monoisotopic (exact) mass is 367 g/mol. The summed E-state index contributed by atoms with van der Waals surface area (Å²) in [6, 6.07) is 4.79. The topological polar surface area (TPSA) is 105 Å². The van der Waals surface area contributed by atoms with Gasteiger partial charge in [-0.05, 0) is 42.5 Å². The van der Waals surface area contributed by atoms with E-state index in [2.05, 4.69) is 20.6 Å². The van der Waals surface area contributed by atoms with Crippen molar-refractivity contribution in [3.05, 3.63) is 44.1 Å². The van der Waals surface area contributed by atoms with Gasteiger partial charge in [0.15, 0.2) is 5.69 Å². The Morgan fingerprint density at radius 3 is 2.50 bits per heavy atom. The molecular formula is C13H11Cl2N7O2. The number of nitro groups is 1. The van der Waals surface area contributed by atoms with Crippen LogP contribution < -0.4 is 0 Å². The largest absolute Gasteiger partial charge is 0.321 e. The smallest absolute Gasteiger partial charge is 0.258 e. The normalized spacial score (nSPS) is 11.0. The molecule has 0 aliphatic heterocycles. The second kappa shape index (κ2) is 6.17. The Morgan fingerprint density at radius 1 is 1.25 bits per heavy atom. The molecule has 24 heavy (non-hydrogen) atoms. The molecule has 0 atom stereocenters. The van der Waals surface area contributed by atoms with Crippen LogP contribution in [-0.4, -0.2) is 34.9 Å². The molecule has 0 fully saturated rings. The molecule has 0 N–H and O–H groups in total. The van der Waals surface area contributed by atoms with Gasteiger partial charge in [-0.1, -0.05) is 23.2 Å². The molecule has 2 heterocycles. The fourth-order valence-electron chi connectivity index (χ4n) is 2.41. The van der Waals surface area contributed by atoms with Crippen molar-refractivity contribution in [2.24, 2.45) is 0 Å². The molecule has 0 bridgehead atoms. The van der Waals surface area contributed by atoms with Crippen LogP contribution in [0.2, 0.25) is 10.0 Å². The highest BCUT2D eigenvalue weighted by Gasteiger charge is 2.30. The molecule has 0 aliphatic carbocycles. The molecule has 11 heteroatoms. The molecule has 0 spiro atoms. The highest BCUT2D eigenvalue weighted by atomic mass is 35.5. The van der Waals surface area contributed by atoms with Crippen LogP contribution in [0.5, 0.6) is 0 Å². The van der Waals surface area contributed by atoms with Crippen molar-refractivity contribution >= 4 is 28.9 Å². The Morgan fingerprint density at radius 2 is 1.92 bits per heavy atom. The summed E-state index contributed by atoms with van der Waals surface area (Å²) >= 11 is 12.0. The second-order valence-corrected chi connectivity index (χ2v) is 5.77. The van der Waals surface area contributed by atoms with Crippen molar-refractivity contribution in [1.82, 2.24) is 30.0 Å². The van der Waals surface area contributed by atoms with Gasteiger partial charge in [0, 0.05) is 16.6 Å². The first-order chi connectivity index (χ1) is 11.4. The number of benzene rings is 1. The Hall–Kier alpha value is -2.52. The number of tetrazole rings is 1. The van der Waals surface area contributed by atoms with Gasteiger partial charge in [-0.25, -0.2) is 0 Å². The Balaban J connectivity index is 2.27. The summed E-state index contributed by atoms with van der Waals surface area (Å²) in [6.07, 6.45) is 0. The van der Waals surface area contributed by atoms with Crippen LogP contribution in [0.3, 0.4) is 0 Å². The Bertz CT molecular complexity index is 914.